The van der Waals surface area contributed by atoms with E-state index in [1.54, 1.807) is 17.0 Å². The zero-order valence-corrected chi connectivity index (χ0v) is 12.6. The molecule has 120 valence electrons. The summed E-state index contributed by atoms with van der Waals surface area (Å²) in [6.45, 7) is 2.94. The number of nitrogens with zero attached hydrogens (tertiary/aromatic N) is 1. The van der Waals surface area contributed by atoms with Gasteiger partial charge in [-0.1, -0.05) is 12.1 Å². The fourth-order valence-corrected chi connectivity index (χ4v) is 2.83. The molecule has 0 saturated carbocycles. The van der Waals surface area contributed by atoms with Crippen LogP contribution >= 0.6 is 0 Å². The van der Waals surface area contributed by atoms with Crippen molar-refractivity contribution >= 4 is 12.0 Å². The molecular weight excluding hydrogens is 287 g/mol. The van der Waals surface area contributed by atoms with Gasteiger partial charge in [0.2, 0.25) is 0 Å². The van der Waals surface area contributed by atoms with E-state index in [2.05, 4.69) is 5.32 Å². The van der Waals surface area contributed by atoms with E-state index in [0.29, 0.717) is 19.5 Å². The van der Waals surface area contributed by atoms with Crippen LogP contribution in [-0.4, -0.2) is 41.1 Å². The highest BCUT2D eigenvalue weighted by Crippen LogP contribution is 2.31. The second kappa shape index (κ2) is 7.24. The Balaban J connectivity index is 1.86. The summed E-state index contributed by atoms with van der Waals surface area (Å²) in [6.07, 6.45) is 1.31. The zero-order valence-electron chi connectivity index (χ0n) is 12.6. The lowest BCUT2D eigenvalue weighted by Gasteiger charge is -2.21. The number of halogens is 1. The number of hydrogen-bond donors (Lipinski definition) is 2. The minimum Gasteiger partial charge on any atom is -0.481 e. The normalized spacial score (nSPS) is 20.9. The highest BCUT2D eigenvalue weighted by atomic mass is 19.1. The zero-order chi connectivity index (χ0) is 16.1. The quantitative estimate of drug-likeness (QED) is 0.821. The average molecular weight is 308 g/mol. The summed E-state index contributed by atoms with van der Waals surface area (Å²) in [6, 6.07) is 6.35. The molecule has 2 rings (SSSR count). The van der Waals surface area contributed by atoms with E-state index in [4.69, 9.17) is 5.11 Å². The van der Waals surface area contributed by atoms with Gasteiger partial charge in [-0.25, -0.2) is 9.18 Å². The Bertz CT molecular complexity index is 533. The van der Waals surface area contributed by atoms with Crippen LogP contribution in [0.4, 0.5) is 9.18 Å². The molecule has 2 N–H and O–H groups in total. The molecule has 1 aliphatic rings. The van der Waals surface area contributed by atoms with Crippen LogP contribution in [0.3, 0.4) is 0 Å². The number of hydrogen-bond acceptors (Lipinski definition) is 2. The first-order valence-electron chi connectivity index (χ1n) is 7.49. The number of benzene rings is 1. The van der Waals surface area contributed by atoms with Crippen molar-refractivity contribution in [1.82, 2.24) is 10.2 Å². The lowest BCUT2D eigenvalue weighted by molar-refractivity contribution is -0.137. The van der Waals surface area contributed by atoms with Gasteiger partial charge in [0.05, 0.1) is 0 Å². The highest BCUT2D eigenvalue weighted by molar-refractivity contribution is 5.75. The van der Waals surface area contributed by atoms with Gasteiger partial charge in [-0.2, -0.15) is 0 Å². The van der Waals surface area contributed by atoms with E-state index in [9.17, 15) is 14.0 Å². The maximum atomic E-state index is 13.0. The van der Waals surface area contributed by atoms with Crippen LogP contribution in [-0.2, 0) is 4.79 Å². The summed E-state index contributed by atoms with van der Waals surface area (Å²) in [5, 5.41) is 11.3. The summed E-state index contributed by atoms with van der Waals surface area (Å²) >= 11 is 0. The molecule has 1 aromatic rings. The summed E-state index contributed by atoms with van der Waals surface area (Å²) in [5.74, 6) is -0.914. The van der Waals surface area contributed by atoms with Crippen LogP contribution in [0.15, 0.2) is 24.3 Å². The second-order valence-corrected chi connectivity index (χ2v) is 5.71. The maximum Gasteiger partial charge on any atom is 0.317 e. The van der Waals surface area contributed by atoms with Crippen LogP contribution in [0, 0.1) is 5.82 Å². The molecule has 1 saturated heterocycles. The van der Waals surface area contributed by atoms with Crippen molar-refractivity contribution in [3.05, 3.63) is 35.6 Å². The van der Waals surface area contributed by atoms with E-state index in [1.807, 2.05) is 6.92 Å². The SMILES string of the molecule is CC1CC(c2ccc(F)cc2)CN1C(=O)NCCCC(=O)O. The van der Waals surface area contributed by atoms with Gasteiger partial charge in [0, 0.05) is 31.5 Å². The number of nitrogens with one attached hydrogen (secondary N) is 1. The number of carbonyl (C=O) groups excluding carboxylic acids is 1. The molecule has 1 fully saturated rings. The van der Waals surface area contributed by atoms with E-state index in [1.165, 1.54) is 12.1 Å². The van der Waals surface area contributed by atoms with Gasteiger partial charge in [-0.15, -0.1) is 0 Å². The Kier molecular flexibility index (Phi) is 5.35. The highest BCUT2D eigenvalue weighted by Gasteiger charge is 2.33. The molecule has 1 heterocycles. The van der Waals surface area contributed by atoms with Gasteiger partial charge in [0.25, 0.3) is 0 Å². The lowest BCUT2D eigenvalue weighted by atomic mass is 9.97. The Hall–Kier alpha value is -2.11. The van der Waals surface area contributed by atoms with Gasteiger partial charge in [-0.3, -0.25) is 4.79 Å². The van der Waals surface area contributed by atoms with E-state index >= 15 is 0 Å². The van der Waals surface area contributed by atoms with Crippen LogP contribution in [0.2, 0.25) is 0 Å². The van der Waals surface area contributed by atoms with Crippen molar-refractivity contribution in [2.75, 3.05) is 13.1 Å². The van der Waals surface area contributed by atoms with Crippen LogP contribution in [0.5, 0.6) is 0 Å². The summed E-state index contributed by atoms with van der Waals surface area (Å²) in [7, 11) is 0. The van der Waals surface area contributed by atoms with Crippen molar-refractivity contribution in [3.63, 3.8) is 0 Å². The standard InChI is InChI=1S/C16H21FN2O3/c1-11-9-13(12-4-6-14(17)7-5-12)10-19(11)16(22)18-8-2-3-15(20)21/h4-7,11,13H,2-3,8-10H2,1H3,(H,18,22)(H,20,21). The Morgan fingerprint density at radius 1 is 1.36 bits per heavy atom. The van der Waals surface area contributed by atoms with E-state index < -0.39 is 5.97 Å². The number of amides is 2. The fourth-order valence-electron chi connectivity index (χ4n) is 2.83. The van der Waals surface area contributed by atoms with Gasteiger partial charge >= 0.3 is 12.0 Å². The fraction of sp³-hybridized carbons (Fsp3) is 0.500. The first-order chi connectivity index (χ1) is 10.5. The number of urea groups is 1. The van der Waals surface area contributed by atoms with Crippen LogP contribution < -0.4 is 5.32 Å². The van der Waals surface area contributed by atoms with Gasteiger partial charge in [0.15, 0.2) is 0 Å². The largest absolute Gasteiger partial charge is 0.481 e. The van der Waals surface area contributed by atoms with Gasteiger partial charge < -0.3 is 15.3 Å². The van der Waals surface area contributed by atoms with Gasteiger partial charge in [0.1, 0.15) is 5.82 Å². The molecule has 2 unspecified atom stereocenters. The predicted octanol–water partition coefficient (Wildman–Crippen LogP) is 2.58. The molecule has 0 aromatic heterocycles. The molecule has 1 aromatic carbocycles. The Morgan fingerprint density at radius 2 is 2.05 bits per heavy atom. The number of carboxylic acids is 1. The van der Waals surface area contributed by atoms with Crippen LogP contribution in [0.25, 0.3) is 0 Å². The first-order valence-corrected chi connectivity index (χ1v) is 7.49. The molecule has 0 spiro atoms. The average Bonchev–Trinajstić information content (AvgIpc) is 2.86. The summed E-state index contributed by atoms with van der Waals surface area (Å²) in [4.78, 5) is 24.3. The predicted molar refractivity (Wildman–Crippen MR) is 80.2 cm³/mol. The van der Waals surface area contributed by atoms with Gasteiger partial charge in [-0.05, 0) is 37.5 Å². The molecule has 2 amide bonds. The van der Waals surface area contributed by atoms with Crippen molar-refractivity contribution in [3.8, 4) is 0 Å². The lowest BCUT2D eigenvalue weighted by Crippen LogP contribution is -2.42. The number of likely N-dealkylation sites (tertiary alicyclic amines) is 1. The Morgan fingerprint density at radius 3 is 2.68 bits per heavy atom. The molecule has 22 heavy (non-hydrogen) atoms. The smallest absolute Gasteiger partial charge is 0.317 e. The van der Waals surface area contributed by atoms with Crippen molar-refractivity contribution in [2.24, 2.45) is 0 Å². The monoisotopic (exact) mass is 308 g/mol. The number of carboxylic acid groups (broad SMARTS) is 1. The van der Waals surface area contributed by atoms with E-state index in [-0.39, 0.29) is 30.2 Å². The first kappa shape index (κ1) is 16.3. The third kappa shape index (κ3) is 4.19. The van der Waals surface area contributed by atoms with Crippen molar-refractivity contribution in [1.29, 1.82) is 0 Å². The third-order valence-electron chi connectivity index (χ3n) is 4.02. The molecule has 2 atom stereocenters. The van der Waals surface area contributed by atoms with Crippen LogP contribution in [0.1, 0.15) is 37.7 Å². The Labute approximate surface area is 129 Å². The third-order valence-corrected chi connectivity index (χ3v) is 4.02. The van der Waals surface area contributed by atoms with Crippen molar-refractivity contribution < 1.29 is 19.1 Å². The van der Waals surface area contributed by atoms with Crippen molar-refractivity contribution in [2.45, 2.75) is 38.1 Å². The molecule has 1 aliphatic heterocycles. The summed E-state index contributed by atoms with van der Waals surface area (Å²) < 4.78 is 13.0. The second-order valence-electron chi connectivity index (χ2n) is 5.71. The number of rotatable bonds is 5. The molecule has 6 heteroatoms. The maximum absolute atomic E-state index is 13.0. The molecule has 0 bridgehead atoms. The minimum atomic E-state index is -0.861. The molecule has 0 radical (unpaired) electrons. The summed E-state index contributed by atoms with van der Waals surface area (Å²) in [5.41, 5.74) is 1.04. The minimum absolute atomic E-state index is 0.0496. The molecular formula is C16H21FN2O3. The molecule has 0 aliphatic carbocycles. The molecule has 5 nitrogen and oxygen atoms in total. The number of carbonyl (C=O) groups is 2. The topological polar surface area (TPSA) is 69.6 Å². The number of aliphatic carboxylic acids is 1. The van der Waals surface area contributed by atoms with E-state index in [0.717, 1.165) is 12.0 Å².